The topological polar surface area (TPSA) is 99.7 Å². The molecule has 26 heavy (non-hydrogen) atoms. The van der Waals surface area contributed by atoms with Crippen molar-refractivity contribution in [1.29, 1.82) is 0 Å². The van der Waals surface area contributed by atoms with Crippen molar-refractivity contribution in [3.63, 3.8) is 0 Å². The summed E-state index contributed by atoms with van der Waals surface area (Å²) in [6.45, 7) is 3.64. The number of ether oxygens (including phenoxy) is 1. The van der Waals surface area contributed by atoms with Crippen molar-refractivity contribution < 1.29 is 19.4 Å². The number of hydrogen-bond acceptors (Lipinski definition) is 4. The number of nitrogens with one attached hydrogen (secondary N) is 3. The average molecular weight is 378 g/mol. The number of carbonyl (C=O) groups is 2. The molecule has 0 aliphatic rings. The Bertz CT molecular complexity index is 796. The number of hydrogen-bond donors (Lipinski definition) is 4. The van der Waals surface area contributed by atoms with Crippen molar-refractivity contribution >= 4 is 40.6 Å². The van der Waals surface area contributed by atoms with Gasteiger partial charge in [-0.1, -0.05) is 17.7 Å². The second-order valence-electron chi connectivity index (χ2n) is 5.40. The van der Waals surface area contributed by atoms with Gasteiger partial charge in [0.15, 0.2) is 0 Å². The van der Waals surface area contributed by atoms with Crippen molar-refractivity contribution in [2.45, 2.75) is 20.0 Å². The molecule has 2 aromatic rings. The average Bonchev–Trinajstić information content (AvgIpc) is 2.57. The van der Waals surface area contributed by atoms with Gasteiger partial charge >= 0.3 is 6.03 Å². The maximum atomic E-state index is 12.3. The van der Waals surface area contributed by atoms with Crippen LogP contribution in [0.1, 0.15) is 13.8 Å². The number of urea groups is 1. The molecule has 3 amide bonds. The van der Waals surface area contributed by atoms with Crippen molar-refractivity contribution in [3.05, 3.63) is 47.5 Å². The first-order valence-corrected chi connectivity index (χ1v) is 8.36. The quantitative estimate of drug-likeness (QED) is 0.616. The number of anilines is 3. The number of amides is 3. The van der Waals surface area contributed by atoms with E-state index in [0.29, 0.717) is 34.4 Å². The molecular weight excluding hydrogens is 358 g/mol. The predicted molar refractivity (Wildman–Crippen MR) is 102 cm³/mol. The highest BCUT2D eigenvalue weighted by molar-refractivity contribution is 6.30. The molecule has 0 heterocycles. The van der Waals surface area contributed by atoms with E-state index >= 15 is 0 Å². The van der Waals surface area contributed by atoms with Gasteiger partial charge in [0.1, 0.15) is 11.9 Å². The van der Waals surface area contributed by atoms with Crippen LogP contribution in [0.15, 0.2) is 42.5 Å². The first-order chi connectivity index (χ1) is 12.4. The molecule has 0 saturated heterocycles. The van der Waals surface area contributed by atoms with Gasteiger partial charge in [-0.2, -0.15) is 0 Å². The number of aliphatic hydroxyl groups excluding tert-OH is 1. The Hall–Kier alpha value is -2.77. The van der Waals surface area contributed by atoms with Gasteiger partial charge in [0.05, 0.1) is 18.0 Å². The number of aliphatic hydroxyl groups is 1. The summed E-state index contributed by atoms with van der Waals surface area (Å²) < 4.78 is 5.42. The standard InChI is InChI=1S/C18H20ClN3O4/c1-3-26-14-7-8-15(21-17(24)11(2)23)16(10-14)22-18(25)20-13-6-4-5-12(19)9-13/h4-11,23H,3H2,1-2H3,(H,21,24)(H2,20,22,25). The summed E-state index contributed by atoms with van der Waals surface area (Å²) in [6.07, 6.45) is -1.19. The molecule has 0 aromatic heterocycles. The van der Waals surface area contributed by atoms with Crippen LogP contribution in [0.2, 0.25) is 5.02 Å². The molecule has 0 bridgehead atoms. The van der Waals surface area contributed by atoms with E-state index in [9.17, 15) is 14.7 Å². The van der Waals surface area contributed by atoms with E-state index in [2.05, 4.69) is 16.0 Å². The van der Waals surface area contributed by atoms with Crippen LogP contribution in [-0.4, -0.2) is 29.8 Å². The minimum atomic E-state index is -1.19. The smallest absolute Gasteiger partial charge is 0.323 e. The maximum absolute atomic E-state index is 12.3. The molecule has 7 nitrogen and oxygen atoms in total. The molecule has 4 N–H and O–H groups in total. The number of halogens is 1. The van der Waals surface area contributed by atoms with Crippen molar-refractivity contribution in [2.24, 2.45) is 0 Å². The van der Waals surface area contributed by atoms with Crippen LogP contribution < -0.4 is 20.7 Å². The first-order valence-electron chi connectivity index (χ1n) is 7.98. The van der Waals surface area contributed by atoms with Gasteiger partial charge in [0.25, 0.3) is 5.91 Å². The predicted octanol–water partition coefficient (Wildman–Crippen LogP) is 3.70. The normalized spacial score (nSPS) is 11.4. The lowest BCUT2D eigenvalue weighted by Gasteiger charge is -2.15. The van der Waals surface area contributed by atoms with Crippen LogP contribution in [-0.2, 0) is 4.79 Å². The highest BCUT2D eigenvalue weighted by atomic mass is 35.5. The third kappa shape index (κ3) is 5.65. The van der Waals surface area contributed by atoms with Crippen LogP contribution in [0, 0.1) is 0 Å². The molecule has 0 saturated carbocycles. The summed E-state index contributed by atoms with van der Waals surface area (Å²) in [7, 11) is 0. The van der Waals surface area contributed by atoms with E-state index in [4.69, 9.17) is 16.3 Å². The fraction of sp³-hybridized carbons (Fsp3) is 0.222. The SMILES string of the molecule is CCOc1ccc(NC(=O)C(C)O)c(NC(=O)Nc2cccc(Cl)c2)c1. The van der Waals surface area contributed by atoms with Gasteiger partial charge in [-0.3, -0.25) is 4.79 Å². The van der Waals surface area contributed by atoms with Crippen LogP contribution in [0.5, 0.6) is 5.75 Å². The third-order valence-electron chi connectivity index (χ3n) is 3.27. The zero-order chi connectivity index (χ0) is 19.1. The van der Waals surface area contributed by atoms with Gasteiger partial charge in [0, 0.05) is 16.8 Å². The number of rotatable bonds is 6. The summed E-state index contributed by atoms with van der Waals surface area (Å²) in [5.74, 6) is -0.0620. The molecule has 2 rings (SSSR count). The summed E-state index contributed by atoms with van der Waals surface area (Å²) in [5, 5.41) is 17.7. The Morgan fingerprint density at radius 3 is 2.54 bits per heavy atom. The molecule has 8 heteroatoms. The third-order valence-corrected chi connectivity index (χ3v) is 3.51. The lowest BCUT2D eigenvalue weighted by molar-refractivity contribution is -0.123. The van der Waals surface area contributed by atoms with Crippen molar-refractivity contribution in [1.82, 2.24) is 0 Å². The number of benzene rings is 2. The Morgan fingerprint density at radius 1 is 1.12 bits per heavy atom. The molecule has 0 aliphatic heterocycles. The first kappa shape index (κ1) is 19.6. The molecule has 2 aromatic carbocycles. The lowest BCUT2D eigenvalue weighted by atomic mass is 10.2. The van der Waals surface area contributed by atoms with Gasteiger partial charge in [0.2, 0.25) is 0 Å². The highest BCUT2D eigenvalue weighted by Gasteiger charge is 2.14. The van der Waals surface area contributed by atoms with Crippen molar-refractivity contribution in [2.75, 3.05) is 22.6 Å². The van der Waals surface area contributed by atoms with Crippen LogP contribution in [0.3, 0.4) is 0 Å². The zero-order valence-electron chi connectivity index (χ0n) is 14.4. The summed E-state index contributed by atoms with van der Waals surface area (Å²) in [5.41, 5.74) is 1.18. The fourth-order valence-corrected chi connectivity index (χ4v) is 2.27. The molecule has 138 valence electrons. The summed E-state index contributed by atoms with van der Waals surface area (Å²) in [6, 6.07) is 11.0. The second-order valence-corrected chi connectivity index (χ2v) is 5.83. The fourth-order valence-electron chi connectivity index (χ4n) is 2.08. The van der Waals surface area contributed by atoms with Gasteiger partial charge in [-0.15, -0.1) is 0 Å². The largest absolute Gasteiger partial charge is 0.494 e. The molecular formula is C18H20ClN3O4. The molecule has 0 radical (unpaired) electrons. The maximum Gasteiger partial charge on any atom is 0.323 e. The molecule has 1 unspecified atom stereocenters. The lowest BCUT2D eigenvalue weighted by Crippen LogP contribution is -2.26. The monoisotopic (exact) mass is 377 g/mol. The van der Waals surface area contributed by atoms with Gasteiger partial charge < -0.3 is 25.8 Å². The Labute approximate surface area is 156 Å². The second kappa shape index (κ2) is 9.07. The summed E-state index contributed by atoms with van der Waals surface area (Å²) >= 11 is 5.90. The Balaban J connectivity index is 2.19. The Morgan fingerprint density at radius 2 is 1.88 bits per heavy atom. The van der Waals surface area contributed by atoms with E-state index < -0.39 is 18.0 Å². The van der Waals surface area contributed by atoms with E-state index in [1.54, 1.807) is 42.5 Å². The summed E-state index contributed by atoms with van der Waals surface area (Å²) in [4.78, 5) is 24.0. The van der Waals surface area contributed by atoms with E-state index in [1.807, 2.05) is 6.92 Å². The van der Waals surface area contributed by atoms with Crippen LogP contribution in [0.25, 0.3) is 0 Å². The highest BCUT2D eigenvalue weighted by Crippen LogP contribution is 2.28. The van der Waals surface area contributed by atoms with E-state index in [0.717, 1.165) is 0 Å². The Kier molecular flexibility index (Phi) is 6.82. The zero-order valence-corrected chi connectivity index (χ0v) is 15.1. The van der Waals surface area contributed by atoms with Gasteiger partial charge in [-0.25, -0.2) is 4.79 Å². The molecule has 0 fully saturated rings. The minimum absolute atomic E-state index is 0.324. The molecule has 0 aliphatic carbocycles. The number of carbonyl (C=O) groups excluding carboxylic acids is 2. The van der Waals surface area contributed by atoms with Crippen LogP contribution >= 0.6 is 11.6 Å². The molecule has 0 spiro atoms. The minimum Gasteiger partial charge on any atom is -0.494 e. The molecule has 1 atom stereocenters. The van der Waals surface area contributed by atoms with Crippen LogP contribution in [0.4, 0.5) is 21.9 Å². The van der Waals surface area contributed by atoms with Crippen molar-refractivity contribution in [3.8, 4) is 5.75 Å². The van der Waals surface area contributed by atoms with Gasteiger partial charge in [-0.05, 0) is 44.2 Å². The van der Waals surface area contributed by atoms with E-state index in [-0.39, 0.29) is 0 Å². The van der Waals surface area contributed by atoms with E-state index in [1.165, 1.54) is 6.92 Å².